The molecule has 0 aromatic heterocycles. The van der Waals surface area contributed by atoms with Crippen LogP contribution >= 0.6 is 0 Å². The zero-order chi connectivity index (χ0) is 17.8. The highest BCUT2D eigenvalue weighted by Gasteiger charge is 1.83. The molecule has 0 saturated carbocycles. The van der Waals surface area contributed by atoms with Gasteiger partial charge >= 0.3 is 0 Å². The second-order valence-electron chi connectivity index (χ2n) is 5.18. The second kappa shape index (κ2) is 105. The van der Waals surface area contributed by atoms with Crippen LogP contribution in [0.15, 0.2) is 0 Å². The Balaban J connectivity index is -0.0000000191. The van der Waals surface area contributed by atoms with Gasteiger partial charge in [0, 0.05) is 0 Å². The van der Waals surface area contributed by atoms with Crippen molar-refractivity contribution in [2.75, 3.05) is 0 Å². The summed E-state index contributed by atoms with van der Waals surface area (Å²) in [6.07, 6.45) is 15.1. The lowest BCUT2D eigenvalue weighted by Crippen LogP contribution is -1.73. The van der Waals surface area contributed by atoms with Crippen LogP contribution in [0, 0.1) is 0 Å². The number of hydrogen-bond donors (Lipinski definition) is 0. The average molecular weight is 369 g/mol. The molecule has 0 aromatic rings. The summed E-state index contributed by atoms with van der Waals surface area (Å²) in [6, 6.07) is 0. The molecule has 0 atom stereocenters. The molecule has 0 N–H and O–H groups in total. The van der Waals surface area contributed by atoms with Gasteiger partial charge in [0.05, 0.1) is 0 Å². The van der Waals surface area contributed by atoms with Crippen LogP contribution in [0.25, 0.3) is 0 Å². The molecule has 0 bridgehead atoms. The summed E-state index contributed by atoms with van der Waals surface area (Å²) < 4.78 is 0. The third-order valence-electron chi connectivity index (χ3n) is 2.16. The van der Waals surface area contributed by atoms with Crippen LogP contribution in [0.3, 0.4) is 0 Å². The fourth-order valence-corrected chi connectivity index (χ4v) is 1.21. The molecule has 0 aliphatic heterocycles. The Morgan fingerprint density at radius 3 is 0.560 bits per heavy atom. The summed E-state index contributed by atoms with van der Waals surface area (Å²) >= 11 is 0. The summed E-state index contributed by atoms with van der Waals surface area (Å²) in [5.41, 5.74) is 0. The van der Waals surface area contributed by atoms with E-state index in [1.807, 2.05) is 13.8 Å². The van der Waals surface area contributed by atoms with E-state index in [0.717, 1.165) is 0 Å². The van der Waals surface area contributed by atoms with Crippen LogP contribution in [0.4, 0.5) is 0 Å². The van der Waals surface area contributed by atoms with E-state index in [9.17, 15) is 0 Å². The summed E-state index contributed by atoms with van der Waals surface area (Å²) in [6.45, 7) is 21.4. The molecule has 0 aromatic carbocycles. The quantitative estimate of drug-likeness (QED) is 0.392. The molecule has 0 rings (SSSR count). The minimum absolute atomic E-state index is 0. The smallest absolute Gasteiger partial charge is 0.0533 e. The molecule has 0 radical (unpaired) electrons. The first-order chi connectivity index (χ1) is 10.2. The third-order valence-corrected chi connectivity index (χ3v) is 2.16. The van der Waals surface area contributed by atoms with Crippen molar-refractivity contribution in [3.63, 3.8) is 0 Å². The Morgan fingerprint density at radius 2 is 0.480 bits per heavy atom. The summed E-state index contributed by atoms with van der Waals surface area (Å²) in [7, 11) is 0. The Labute approximate surface area is 170 Å². The molecular weight excluding hydrogens is 300 g/mol. The number of hydrogen-bond acceptors (Lipinski definition) is 0. The minimum atomic E-state index is 0. The van der Waals surface area contributed by atoms with E-state index in [-0.39, 0.29) is 29.7 Å². The van der Waals surface area contributed by atoms with Gasteiger partial charge in [0.2, 0.25) is 0 Å². The normalized spacial score (nSPS) is 6.48. The maximum atomic E-state index is 2.26. The van der Waals surface area contributed by atoms with Crippen LogP contribution in [0.1, 0.15) is 170 Å². The molecule has 0 heterocycles. The molecule has 168 valence electrons. The zero-order valence-corrected chi connectivity index (χ0v) is 17.8. The van der Waals surface area contributed by atoms with Crippen molar-refractivity contribution in [3.05, 3.63) is 0 Å². The van der Waals surface area contributed by atoms with E-state index in [0.29, 0.717) is 0 Å². The SMILES string of the molecule is C.C.C.C.CC.CCC.CCC.CCCCC.CCCCCCCC. The average Bonchev–Trinajstić information content (AvgIpc) is 2.49. The maximum absolute atomic E-state index is 2.26. The first-order valence-electron chi connectivity index (χ1n) is 10.2. The Bertz CT molecular complexity index is 66.1. The van der Waals surface area contributed by atoms with Crippen molar-refractivity contribution in [1.29, 1.82) is 0 Å². The molecule has 0 heteroatoms. The highest BCUT2D eigenvalue weighted by Crippen LogP contribution is 2.03. The van der Waals surface area contributed by atoms with Gasteiger partial charge in [-0.2, -0.15) is 0 Å². The first-order valence-corrected chi connectivity index (χ1v) is 10.2. The molecule has 0 nitrogen and oxygen atoms in total. The van der Waals surface area contributed by atoms with Crippen molar-refractivity contribution in [2.45, 2.75) is 170 Å². The molecule has 0 aliphatic carbocycles. The number of unbranched alkanes of at least 4 members (excludes halogenated alkanes) is 7. The predicted molar refractivity (Wildman–Crippen MR) is 134 cm³/mol. The maximum Gasteiger partial charge on any atom is -0.0533 e. The molecule has 0 saturated heterocycles. The van der Waals surface area contributed by atoms with Gasteiger partial charge in [-0.15, -0.1) is 0 Å². The van der Waals surface area contributed by atoms with E-state index < -0.39 is 0 Å². The minimum Gasteiger partial charge on any atom is -0.0776 e. The van der Waals surface area contributed by atoms with Gasteiger partial charge in [0.1, 0.15) is 0 Å². The number of rotatable bonds is 7. The molecule has 0 fully saturated rings. The lowest BCUT2D eigenvalue weighted by Gasteiger charge is -1.93. The van der Waals surface area contributed by atoms with E-state index in [4.69, 9.17) is 0 Å². The summed E-state index contributed by atoms with van der Waals surface area (Å²) in [4.78, 5) is 0. The fraction of sp³-hybridized carbons (Fsp3) is 1.00. The van der Waals surface area contributed by atoms with Gasteiger partial charge in [-0.05, 0) is 0 Å². The Hall–Kier alpha value is 0. The van der Waals surface area contributed by atoms with Crippen molar-refractivity contribution >= 4 is 0 Å². The highest BCUT2D eigenvalue weighted by molar-refractivity contribution is 4.39. The van der Waals surface area contributed by atoms with Crippen LogP contribution in [-0.2, 0) is 0 Å². The highest BCUT2D eigenvalue weighted by atomic mass is 13.9. The van der Waals surface area contributed by atoms with E-state index >= 15 is 0 Å². The third kappa shape index (κ3) is 237. The molecule has 25 heavy (non-hydrogen) atoms. The van der Waals surface area contributed by atoms with Crippen LogP contribution in [0.5, 0.6) is 0 Å². The standard InChI is InChI=1S/C8H18.C5H12.2C3H8.C2H6.4CH4/c1-3-5-7-8-6-4-2;1-3-5-4-2;2*1-3-2;1-2;;;;/h3-8H2,1-2H3;3-5H2,1-2H3;2*3H2,1-2H3;1-2H3;4*1H4. The monoisotopic (exact) mass is 369 g/mol. The van der Waals surface area contributed by atoms with Gasteiger partial charge < -0.3 is 0 Å². The van der Waals surface area contributed by atoms with E-state index in [2.05, 4.69) is 55.4 Å². The molecule has 0 unspecified atom stereocenters. The topological polar surface area (TPSA) is 0 Å². The van der Waals surface area contributed by atoms with Gasteiger partial charge in [0.25, 0.3) is 0 Å². The van der Waals surface area contributed by atoms with Gasteiger partial charge in [-0.25, -0.2) is 0 Å². The van der Waals surface area contributed by atoms with Crippen molar-refractivity contribution in [3.8, 4) is 0 Å². The lowest BCUT2D eigenvalue weighted by atomic mass is 10.1. The van der Waals surface area contributed by atoms with Gasteiger partial charge in [-0.1, -0.05) is 170 Å². The summed E-state index contributed by atoms with van der Waals surface area (Å²) in [5, 5.41) is 0. The van der Waals surface area contributed by atoms with Crippen LogP contribution in [0.2, 0.25) is 0 Å². The van der Waals surface area contributed by atoms with Crippen LogP contribution < -0.4 is 0 Å². The molecule has 0 spiro atoms. The molecule has 0 aliphatic rings. The predicted octanol–water partition coefficient (Wildman–Crippen LogP) is 12.0. The van der Waals surface area contributed by atoms with Gasteiger partial charge in [-0.3, -0.25) is 0 Å². The van der Waals surface area contributed by atoms with Crippen molar-refractivity contribution in [2.24, 2.45) is 0 Å². The fourth-order valence-electron chi connectivity index (χ4n) is 1.21. The molecule has 0 amide bonds. The lowest BCUT2D eigenvalue weighted by molar-refractivity contribution is 0.624. The Morgan fingerprint density at radius 1 is 0.320 bits per heavy atom. The largest absolute Gasteiger partial charge is 0.0776 e. The van der Waals surface area contributed by atoms with Gasteiger partial charge in [0.15, 0.2) is 0 Å². The van der Waals surface area contributed by atoms with Crippen molar-refractivity contribution < 1.29 is 0 Å². The van der Waals surface area contributed by atoms with Crippen LogP contribution in [-0.4, -0.2) is 0 Å². The zero-order valence-electron chi connectivity index (χ0n) is 17.8. The Kier molecular flexibility index (Phi) is 236. The van der Waals surface area contributed by atoms with E-state index in [1.54, 1.807) is 0 Å². The van der Waals surface area contributed by atoms with Crippen molar-refractivity contribution in [1.82, 2.24) is 0 Å². The van der Waals surface area contributed by atoms with E-state index in [1.165, 1.54) is 70.6 Å². The molecular formula is C25H68. The first kappa shape index (κ1) is 56.2. The second-order valence-corrected chi connectivity index (χ2v) is 5.18. The summed E-state index contributed by atoms with van der Waals surface area (Å²) in [5.74, 6) is 0.